The molecule has 5 N–H and O–H groups in total. The zero-order valence-electron chi connectivity index (χ0n) is 9.88. The maximum atomic E-state index is 10.0. The molecular formula is C11H13N5O3. The fourth-order valence-corrected chi connectivity index (χ4v) is 2.39. The van der Waals surface area contributed by atoms with E-state index in [4.69, 9.17) is 5.73 Å². The lowest BCUT2D eigenvalue weighted by Crippen LogP contribution is -2.29. The van der Waals surface area contributed by atoms with E-state index in [0.717, 1.165) is 0 Å². The van der Waals surface area contributed by atoms with Gasteiger partial charge in [0.1, 0.15) is 24.1 Å². The molecule has 0 saturated carbocycles. The van der Waals surface area contributed by atoms with Crippen molar-refractivity contribution in [3.05, 3.63) is 24.3 Å². The smallest absolute Gasteiger partial charge is 0.166 e. The molecule has 19 heavy (non-hydrogen) atoms. The van der Waals surface area contributed by atoms with E-state index in [0.29, 0.717) is 16.7 Å². The number of aliphatic hydroxyl groups is 3. The zero-order chi connectivity index (χ0) is 13.6. The molecule has 0 unspecified atom stereocenters. The highest BCUT2D eigenvalue weighted by Crippen LogP contribution is 2.33. The van der Waals surface area contributed by atoms with Crippen LogP contribution in [0.3, 0.4) is 0 Å². The van der Waals surface area contributed by atoms with E-state index in [-0.39, 0.29) is 12.4 Å². The minimum atomic E-state index is -1.06. The molecule has 0 radical (unpaired) electrons. The van der Waals surface area contributed by atoms with Gasteiger partial charge < -0.3 is 25.6 Å². The normalized spacial score (nSPS) is 26.9. The van der Waals surface area contributed by atoms with E-state index in [2.05, 4.69) is 15.0 Å². The zero-order valence-corrected chi connectivity index (χ0v) is 9.88. The van der Waals surface area contributed by atoms with Gasteiger partial charge in [0.2, 0.25) is 0 Å². The van der Waals surface area contributed by atoms with Gasteiger partial charge in [-0.25, -0.2) is 15.0 Å². The van der Waals surface area contributed by atoms with Crippen molar-refractivity contribution in [1.29, 1.82) is 0 Å². The molecule has 0 bridgehead atoms. The summed E-state index contributed by atoms with van der Waals surface area (Å²) in [6.07, 6.45) is 2.12. The van der Waals surface area contributed by atoms with Crippen LogP contribution in [0.25, 0.3) is 11.2 Å². The molecule has 8 heteroatoms. The van der Waals surface area contributed by atoms with Crippen molar-refractivity contribution in [2.45, 2.75) is 18.2 Å². The maximum absolute atomic E-state index is 10.0. The lowest BCUT2D eigenvalue weighted by atomic mass is 10.1. The fourth-order valence-electron chi connectivity index (χ4n) is 2.39. The minimum Gasteiger partial charge on any atom is -0.392 e. The Morgan fingerprint density at radius 3 is 2.79 bits per heavy atom. The molecule has 0 fully saturated rings. The van der Waals surface area contributed by atoms with Crippen molar-refractivity contribution >= 4 is 17.0 Å². The molecule has 1 aliphatic carbocycles. The topological polar surface area (TPSA) is 130 Å². The average molecular weight is 263 g/mol. The van der Waals surface area contributed by atoms with Gasteiger partial charge in [-0.1, -0.05) is 0 Å². The molecule has 2 heterocycles. The summed E-state index contributed by atoms with van der Waals surface area (Å²) >= 11 is 0. The van der Waals surface area contributed by atoms with Crippen LogP contribution in [0.2, 0.25) is 0 Å². The lowest BCUT2D eigenvalue weighted by molar-refractivity contribution is 0.0351. The Morgan fingerprint density at radius 2 is 2.05 bits per heavy atom. The van der Waals surface area contributed by atoms with Crippen LogP contribution in [0.15, 0.2) is 24.3 Å². The van der Waals surface area contributed by atoms with E-state index in [1.54, 1.807) is 4.57 Å². The summed E-state index contributed by atoms with van der Waals surface area (Å²) in [5.41, 5.74) is 7.08. The number of aromatic nitrogens is 4. The average Bonchev–Trinajstić information content (AvgIpc) is 2.93. The molecular weight excluding hydrogens is 250 g/mol. The fraction of sp³-hybridized carbons (Fsp3) is 0.364. The van der Waals surface area contributed by atoms with Crippen LogP contribution in [-0.4, -0.2) is 53.7 Å². The van der Waals surface area contributed by atoms with Crippen LogP contribution in [0, 0.1) is 0 Å². The van der Waals surface area contributed by atoms with Gasteiger partial charge in [0.25, 0.3) is 0 Å². The Morgan fingerprint density at radius 1 is 1.26 bits per heavy atom. The lowest BCUT2D eigenvalue weighted by Gasteiger charge is -2.21. The summed E-state index contributed by atoms with van der Waals surface area (Å²) in [5, 5.41) is 29.0. The predicted molar refractivity (Wildman–Crippen MR) is 66.0 cm³/mol. The molecule has 0 spiro atoms. The van der Waals surface area contributed by atoms with Crippen molar-refractivity contribution < 1.29 is 15.3 Å². The van der Waals surface area contributed by atoms with Gasteiger partial charge in [-0.3, -0.25) is 0 Å². The van der Waals surface area contributed by atoms with Crippen molar-refractivity contribution in [3.8, 4) is 0 Å². The van der Waals surface area contributed by atoms with Crippen LogP contribution in [0.4, 0.5) is 5.82 Å². The number of anilines is 1. The molecule has 2 aromatic heterocycles. The van der Waals surface area contributed by atoms with Crippen molar-refractivity contribution in [2.75, 3.05) is 12.3 Å². The summed E-state index contributed by atoms with van der Waals surface area (Å²) in [7, 11) is 0. The first-order valence-electron chi connectivity index (χ1n) is 5.74. The highest BCUT2D eigenvalue weighted by Gasteiger charge is 2.36. The molecule has 3 rings (SSSR count). The summed E-state index contributed by atoms with van der Waals surface area (Å²) in [4.78, 5) is 12.0. The van der Waals surface area contributed by atoms with Gasteiger partial charge in [0, 0.05) is 0 Å². The SMILES string of the molecule is Nc1ncnc2c1ncn2[C@H]1C(CO)=C[C@H](O)[C@@H]1O. The third kappa shape index (κ3) is 1.69. The molecule has 0 aliphatic heterocycles. The summed E-state index contributed by atoms with van der Waals surface area (Å²) in [5.74, 6) is 0.242. The number of nitrogens with two attached hydrogens (primary N) is 1. The standard InChI is InChI=1S/C11H13N5O3/c12-10-7-11(14-3-13-10)16(4-15-7)8-5(2-17)1-6(18)9(8)19/h1,3-4,6,8-9,17-19H,2H2,(H2,12,13,14)/t6-,8-,9-/m0/s1. The van der Waals surface area contributed by atoms with Gasteiger partial charge in [-0.2, -0.15) is 0 Å². The molecule has 0 saturated heterocycles. The number of hydrogen-bond donors (Lipinski definition) is 4. The summed E-state index contributed by atoms with van der Waals surface area (Å²) in [6, 6.07) is -0.612. The Hall–Kier alpha value is -2.03. The molecule has 2 aromatic rings. The molecule has 1 aliphatic rings. The minimum absolute atomic E-state index is 0.242. The van der Waals surface area contributed by atoms with Gasteiger partial charge in [0.15, 0.2) is 11.5 Å². The maximum Gasteiger partial charge on any atom is 0.166 e. The number of rotatable bonds is 2. The van der Waals surface area contributed by atoms with E-state index in [1.807, 2.05) is 0 Å². The highest BCUT2D eigenvalue weighted by atomic mass is 16.3. The molecule has 3 atom stereocenters. The quantitative estimate of drug-likeness (QED) is 0.490. The monoisotopic (exact) mass is 263 g/mol. The van der Waals surface area contributed by atoms with E-state index >= 15 is 0 Å². The molecule has 0 aromatic carbocycles. The first kappa shape index (κ1) is 12.0. The van der Waals surface area contributed by atoms with Crippen molar-refractivity contribution in [3.63, 3.8) is 0 Å². The highest BCUT2D eigenvalue weighted by molar-refractivity contribution is 5.81. The third-order valence-corrected chi connectivity index (χ3v) is 3.31. The molecule has 8 nitrogen and oxygen atoms in total. The van der Waals surface area contributed by atoms with Crippen LogP contribution in [-0.2, 0) is 0 Å². The number of fused-ring (bicyclic) bond motifs is 1. The Bertz CT molecular complexity index is 653. The second-order valence-electron chi connectivity index (χ2n) is 4.41. The number of hydrogen-bond acceptors (Lipinski definition) is 7. The summed E-state index contributed by atoms with van der Waals surface area (Å²) < 4.78 is 1.58. The number of nitrogen functional groups attached to an aromatic ring is 1. The van der Waals surface area contributed by atoms with Crippen LogP contribution < -0.4 is 5.73 Å². The van der Waals surface area contributed by atoms with Gasteiger partial charge in [0.05, 0.1) is 19.0 Å². The third-order valence-electron chi connectivity index (χ3n) is 3.31. The number of imidazole rings is 1. The first-order valence-corrected chi connectivity index (χ1v) is 5.74. The molecule has 0 amide bonds. The van der Waals surface area contributed by atoms with Gasteiger partial charge in [-0.15, -0.1) is 0 Å². The van der Waals surface area contributed by atoms with Gasteiger partial charge in [-0.05, 0) is 11.6 Å². The molecule has 100 valence electrons. The Labute approximate surface area is 107 Å². The van der Waals surface area contributed by atoms with E-state index in [9.17, 15) is 15.3 Å². The number of aliphatic hydroxyl groups excluding tert-OH is 3. The second-order valence-corrected chi connectivity index (χ2v) is 4.41. The van der Waals surface area contributed by atoms with E-state index < -0.39 is 18.2 Å². The second kappa shape index (κ2) is 4.26. The van der Waals surface area contributed by atoms with Crippen LogP contribution >= 0.6 is 0 Å². The van der Waals surface area contributed by atoms with Gasteiger partial charge >= 0.3 is 0 Å². The largest absolute Gasteiger partial charge is 0.392 e. The predicted octanol–water partition coefficient (Wildman–Crippen LogP) is -1.40. The number of nitrogens with zero attached hydrogens (tertiary/aromatic N) is 4. The van der Waals surface area contributed by atoms with Crippen molar-refractivity contribution in [1.82, 2.24) is 19.5 Å². The van der Waals surface area contributed by atoms with E-state index in [1.165, 1.54) is 18.7 Å². The Balaban J connectivity index is 2.15. The first-order chi connectivity index (χ1) is 9.13. The summed E-state index contributed by atoms with van der Waals surface area (Å²) in [6.45, 7) is -0.265. The van der Waals surface area contributed by atoms with Crippen LogP contribution in [0.5, 0.6) is 0 Å². The van der Waals surface area contributed by atoms with Crippen LogP contribution in [0.1, 0.15) is 6.04 Å². The Kier molecular flexibility index (Phi) is 2.70. The van der Waals surface area contributed by atoms with Crippen molar-refractivity contribution in [2.24, 2.45) is 0 Å².